The maximum Gasteiger partial charge on any atom is 0.223 e. The number of benzene rings is 1. The number of aromatic nitrogens is 2. The van der Waals surface area contributed by atoms with Gasteiger partial charge in [-0.15, -0.1) is 0 Å². The van der Waals surface area contributed by atoms with Gasteiger partial charge >= 0.3 is 0 Å². The predicted molar refractivity (Wildman–Crippen MR) is 68.9 cm³/mol. The summed E-state index contributed by atoms with van der Waals surface area (Å²) in [5, 5.41) is 3.13. The van der Waals surface area contributed by atoms with E-state index in [9.17, 15) is 0 Å². The molecule has 0 atom stereocenters. The highest BCUT2D eigenvalue weighted by Gasteiger charge is 2.02. The lowest BCUT2D eigenvalue weighted by Crippen LogP contribution is -2.04. The van der Waals surface area contributed by atoms with Gasteiger partial charge in [-0.2, -0.15) is 0 Å². The van der Waals surface area contributed by atoms with E-state index in [0.29, 0.717) is 18.2 Å². The molecule has 1 N–H and O–H groups in total. The quantitative estimate of drug-likeness (QED) is 0.874. The van der Waals surface area contributed by atoms with Crippen LogP contribution in [0.4, 0.5) is 5.95 Å². The fourth-order valence-corrected chi connectivity index (χ4v) is 1.54. The van der Waals surface area contributed by atoms with Crippen LogP contribution in [0, 0.1) is 0 Å². The largest absolute Gasteiger partial charge is 0.496 e. The maximum absolute atomic E-state index is 5.27. The first kappa shape index (κ1) is 12.2. The Balaban J connectivity index is 2.02. The van der Waals surface area contributed by atoms with Crippen molar-refractivity contribution in [3.63, 3.8) is 0 Å². The van der Waals surface area contributed by atoms with E-state index in [1.807, 2.05) is 24.3 Å². The topological polar surface area (TPSA) is 56.3 Å². The van der Waals surface area contributed by atoms with Crippen LogP contribution in [-0.2, 0) is 6.54 Å². The van der Waals surface area contributed by atoms with Crippen molar-refractivity contribution in [2.24, 2.45) is 0 Å². The van der Waals surface area contributed by atoms with Crippen LogP contribution in [-0.4, -0.2) is 24.2 Å². The number of hydrogen-bond acceptors (Lipinski definition) is 5. The molecule has 0 saturated heterocycles. The first-order valence-electron chi connectivity index (χ1n) is 5.55. The first-order valence-corrected chi connectivity index (χ1v) is 5.55. The minimum atomic E-state index is 0.557. The summed E-state index contributed by atoms with van der Waals surface area (Å²) >= 11 is 0. The number of para-hydroxylation sites is 1. The molecule has 0 bridgehead atoms. The van der Waals surface area contributed by atoms with Crippen LogP contribution < -0.4 is 14.8 Å². The summed E-state index contributed by atoms with van der Waals surface area (Å²) in [5.41, 5.74) is 1.06. The molecule has 5 nitrogen and oxygen atoms in total. The minimum absolute atomic E-state index is 0.557. The molecule has 0 aliphatic heterocycles. The van der Waals surface area contributed by atoms with Gasteiger partial charge in [0.2, 0.25) is 5.95 Å². The molecular formula is C13H15N3O2. The minimum Gasteiger partial charge on any atom is -0.496 e. The molecule has 18 heavy (non-hydrogen) atoms. The Kier molecular flexibility index (Phi) is 3.96. The van der Waals surface area contributed by atoms with Gasteiger partial charge < -0.3 is 14.8 Å². The van der Waals surface area contributed by atoms with Crippen molar-refractivity contribution >= 4 is 5.95 Å². The number of hydrogen-bond donors (Lipinski definition) is 1. The standard InChI is InChI=1S/C13H15N3O2/c1-17-11-8-15-13(16-9-11)14-7-10-5-3-4-6-12(10)18-2/h3-6,8-9H,7H2,1-2H3,(H,14,15,16). The van der Waals surface area contributed by atoms with Gasteiger partial charge in [-0.1, -0.05) is 18.2 Å². The zero-order valence-electron chi connectivity index (χ0n) is 10.4. The van der Waals surface area contributed by atoms with Crippen molar-refractivity contribution in [1.29, 1.82) is 0 Å². The van der Waals surface area contributed by atoms with Gasteiger partial charge in [0.1, 0.15) is 5.75 Å². The third-order valence-electron chi connectivity index (χ3n) is 2.49. The van der Waals surface area contributed by atoms with Crippen molar-refractivity contribution in [3.8, 4) is 11.5 Å². The monoisotopic (exact) mass is 245 g/mol. The lowest BCUT2D eigenvalue weighted by atomic mass is 10.2. The SMILES string of the molecule is COc1cnc(NCc2ccccc2OC)nc1. The smallest absolute Gasteiger partial charge is 0.223 e. The van der Waals surface area contributed by atoms with Crippen LogP contribution in [0.2, 0.25) is 0 Å². The molecule has 0 radical (unpaired) electrons. The molecule has 0 spiro atoms. The Hall–Kier alpha value is -2.30. The van der Waals surface area contributed by atoms with Crippen LogP contribution in [0.3, 0.4) is 0 Å². The average Bonchev–Trinajstić information content (AvgIpc) is 2.46. The molecule has 5 heteroatoms. The highest BCUT2D eigenvalue weighted by atomic mass is 16.5. The number of ether oxygens (including phenoxy) is 2. The molecule has 0 saturated carbocycles. The number of nitrogens with zero attached hydrogens (tertiary/aromatic N) is 2. The molecule has 0 aliphatic rings. The second-order valence-electron chi connectivity index (χ2n) is 3.61. The Morgan fingerprint density at radius 2 is 1.78 bits per heavy atom. The van der Waals surface area contributed by atoms with Crippen LogP contribution in [0.5, 0.6) is 11.5 Å². The van der Waals surface area contributed by atoms with Gasteiger partial charge in [-0.05, 0) is 6.07 Å². The molecule has 0 unspecified atom stereocenters. The summed E-state index contributed by atoms with van der Waals surface area (Å²) in [6, 6.07) is 7.82. The van der Waals surface area contributed by atoms with Crippen molar-refractivity contribution in [3.05, 3.63) is 42.2 Å². The zero-order valence-corrected chi connectivity index (χ0v) is 10.4. The molecule has 1 aromatic carbocycles. The summed E-state index contributed by atoms with van der Waals surface area (Å²) in [6.07, 6.45) is 3.25. The summed E-state index contributed by atoms with van der Waals surface area (Å²) in [7, 11) is 3.24. The van der Waals surface area contributed by atoms with Gasteiger partial charge in [0.15, 0.2) is 5.75 Å². The van der Waals surface area contributed by atoms with E-state index in [1.54, 1.807) is 26.6 Å². The van der Waals surface area contributed by atoms with Gasteiger partial charge in [0.25, 0.3) is 0 Å². The first-order chi connectivity index (χ1) is 8.83. The van der Waals surface area contributed by atoms with Gasteiger partial charge in [0, 0.05) is 12.1 Å². The summed E-state index contributed by atoms with van der Waals surface area (Å²) in [5.74, 6) is 2.04. The van der Waals surface area contributed by atoms with Crippen LogP contribution >= 0.6 is 0 Å². The molecule has 2 aromatic rings. The van der Waals surface area contributed by atoms with Gasteiger partial charge in [-0.3, -0.25) is 0 Å². The van der Waals surface area contributed by atoms with E-state index in [2.05, 4.69) is 15.3 Å². The third kappa shape index (κ3) is 2.88. The number of methoxy groups -OCH3 is 2. The normalized spacial score (nSPS) is 9.89. The van der Waals surface area contributed by atoms with E-state index in [-0.39, 0.29) is 0 Å². The second-order valence-corrected chi connectivity index (χ2v) is 3.61. The fraction of sp³-hybridized carbons (Fsp3) is 0.231. The Labute approximate surface area is 106 Å². The van der Waals surface area contributed by atoms with Gasteiger partial charge in [-0.25, -0.2) is 9.97 Å². The molecular weight excluding hydrogens is 230 g/mol. The van der Waals surface area contributed by atoms with E-state index in [4.69, 9.17) is 9.47 Å². The van der Waals surface area contributed by atoms with Crippen LogP contribution in [0.1, 0.15) is 5.56 Å². The Morgan fingerprint density at radius 1 is 1.06 bits per heavy atom. The molecule has 0 fully saturated rings. The predicted octanol–water partition coefficient (Wildman–Crippen LogP) is 2.11. The average molecular weight is 245 g/mol. The van der Waals surface area contributed by atoms with Crippen molar-refractivity contribution in [1.82, 2.24) is 9.97 Å². The van der Waals surface area contributed by atoms with E-state index in [1.165, 1.54) is 0 Å². The molecule has 2 rings (SSSR count). The zero-order chi connectivity index (χ0) is 12.8. The second kappa shape index (κ2) is 5.86. The highest BCUT2D eigenvalue weighted by molar-refractivity contribution is 5.37. The molecule has 1 aromatic heterocycles. The van der Waals surface area contributed by atoms with E-state index in [0.717, 1.165) is 11.3 Å². The van der Waals surface area contributed by atoms with Crippen LogP contribution in [0.15, 0.2) is 36.7 Å². The third-order valence-corrected chi connectivity index (χ3v) is 2.49. The van der Waals surface area contributed by atoms with Crippen molar-refractivity contribution < 1.29 is 9.47 Å². The Morgan fingerprint density at radius 3 is 2.44 bits per heavy atom. The summed E-state index contributed by atoms with van der Waals surface area (Å²) < 4.78 is 10.3. The summed E-state index contributed by atoms with van der Waals surface area (Å²) in [6.45, 7) is 0.607. The molecule has 1 heterocycles. The van der Waals surface area contributed by atoms with Crippen molar-refractivity contribution in [2.75, 3.05) is 19.5 Å². The highest BCUT2D eigenvalue weighted by Crippen LogP contribution is 2.18. The maximum atomic E-state index is 5.27. The lowest BCUT2D eigenvalue weighted by molar-refractivity contribution is 0.409. The number of nitrogens with one attached hydrogen (secondary N) is 1. The fourth-order valence-electron chi connectivity index (χ4n) is 1.54. The molecule has 0 aliphatic carbocycles. The lowest BCUT2D eigenvalue weighted by Gasteiger charge is -2.09. The van der Waals surface area contributed by atoms with Crippen molar-refractivity contribution in [2.45, 2.75) is 6.54 Å². The summed E-state index contributed by atoms with van der Waals surface area (Å²) in [4.78, 5) is 8.26. The number of anilines is 1. The van der Waals surface area contributed by atoms with Gasteiger partial charge in [0.05, 0.1) is 26.6 Å². The Bertz CT molecular complexity index is 500. The molecule has 94 valence electrons. The molecule has 0 amide bonds. The van der Waals surface area contributed by atoms with E-state index >= 15 is 0 Å². The van der Waals surface area contributed by atoms with Crippen LogP contribution in [0.25, 0.3) is 0 Å². The van der Waals surface area contributed by atoms with E-state index < -0.39 is 0 Å². The number of rotatable bonds is 5.